The number of fused-ring (bicyclic) bond motifs is 3. The molecular weight excluding hydrogens is 486 g/mol. The van der Waals surface area contributed by atoms with Gasteiger partial charge in [0.25, 0.3) is 0 Å². The molecule has 3 aromatic rings. The van der Waals surface area contributed by atoms with E-state index < -0.39 is 18.3 Å². The van der Waals surface area contributed by atoms with Gasteiger partial charge in [0.2, 0.25) is 0 Å². The Bertz CT molecular complexity index is 1130. The van der Waals surface area contributed by atoms with Gasteiger partial charge in [0.15, 0.2) is 0 Å². The smallest absolute Gasteiger partial charge is 0.129 e. The lowest BCUT2D eigenvalue weighted by atomic mass is 9.96. The Balaban J connectivity index is 0.000000176. The van der Waals surface area contributed by atoms with E-state index in [2.05, 4.69) is 35.0 Å². The number of likely N-dealkylation sites (tertiary alicyclic amines) is 1. The van der Waals surface area contributed by atoms with Crippen LogP contribution in [-0.2, 0) is 13.0 Å². The number of nitrogens with zero attached hydrogens (tertiary/aromatic N) is 2. The number of aromatic nitrogens is 1. The molecule has 2 aliphatic heterocycles. The van der Waals surface area contributed by atoms with Gasteiger partial charge < -0.3 is 14.8 Å². The molecule has 1 fully saturated rings. The summed E-state index contributed by atoms with van der Waals surface area (Å²) in [6.45, 7) is 5.23. The van der Waals surface area contributed by atoms with E-state index in [0.29, 0.717) is 25.7 Å². The number of nitrogens with one attached hydrogen (secondary N) is 1. The predicted molar refractivity (Wildman–Crippen MR) is 136 cm³/mol. The fourth-order valence-electron chi connectivity index (χ4n) is 5.00. The number of halogens is 4. The van der Waals surface area contributed by atoms with Crippen LogP contribution in [0.15, 0.2) is 42.5 Å². The molecule has 2 atom stereocenters. The van der Waals surface area contributed by atoms with Crippen molar-refractivity contribution in [3.8, 4) is 5.75 Å². The summed E-state index contributed by atoms with van der Waals surface area (Å²) in [6.07, 6.45) is 0.976. The molecule has 0 radical (unpaired) electrons. The predicted octanol–water partition coefficient (Wildman–Crippen LogP) is 4.74. The number of rotatable bonds is 9. The summed E-state index contributed by atoms with van der Waals surface area (Å²) in [7, 11) is 0. The summed E-state index contributed by atoms with van der Waals surface area (Å²) in [5, 5.41) is 10.5. The van der Waals surface area contributed by atoms with Crippen LogP contribution in [0.3, 0.4) is 0 Å². The first-order valence-electron chi connectivity index (χ1n) is 12.8. The van der Waals surface area contributed by atoms with Gasteiger partial charge in [-0.1, -0.05) is 18.2 Å². The maximum Gasteiger partial charge on any atom is 0.129 e. The highest BCUT2D eigenvalue weighted by Crippen LogP contribution is 2.30. The minimum atomic E-state index is -0.651. The van der Waals surface area contributed by atoms with Crippen LogP contribution >= 0.6 is 0 Å². The highest BCUT2D eigenvalue weighted by Gasteiger charge is 2.28. The molecule has 2 aliphatic rings. The third-order valence-corrected chi connectivity index (χ3v) is 7.12. The fraction of sp³-hybridized carbons (Fsp3) is 0.500. The molecule has 0 aliphatic carbocycles. The number of para-hydroxylation sites is 1. The monoisotopic (exact) mass is 521 g/mol. The molecule has 202 valence electrons. The minimum absolute atomic E-state index is 0.0840. The number of aliphatic hydroxyl groups excluding tert-OH is 1. The van der Waals surface area contributed by atoms with Gasteiger partial charge in [-0.2, -0.15) is 0 Å². The molecule has 1 aromatic heterocycles. The van der Waals surface area contributed by atoms with Crippen LogP contribution in [0.4, 0.5) is 17.6 Å². The Morgan fingerprint density at radius 3 is 2.51 bits per heavy atom. The zero-order chi connectivity index (χ0) is 26.4. The largest absolute Gasteiger partial charge is 0.492 e. The maximum atomic E-state index is 12.8. The molecule has 9 heteroatoms. The second-order valence-electron chi connectivity index (χ2n) is 10.0. The van der Waals surface area contributed by atoms with Gasteiger partial charge in [-0.3, -0.25) is 18.6 Å². The van der Waals surface area contributed by atoms with Crippen molar-refractivity contribution in [1.29, 1.82) is 0 Å². The highest BCUT2D eigenvalue weighted by molar-refractivity contribution is 5.84. The second-order valence-corrected chi connectivity index (χ2v) is 10.0. The van der Waals surface area contributed by atoms with Gasteiger partial charge in [-0.15, -0.1) is 0 Å². The molecule has 37 heavy (non-hydrogen) atoms. The Morgan fingerprint density at radius 2 is 1.84 bits per heavy atom. The molecule has 0 spiro atoms. The first-order chi connectivity index (χ1) is 17.9. The van der Waals surface area contributed by atoms with Crippen LogP contribution in [0, 0.1) is 23.5 Å². The van der Waals surface area contributed by atoms with Crippen molar-refractivity contribution in [2.75, 3.05) is 52.7 Å². The molecule has 5 rings (SSSR count). The highest BCUT2D eigenvalue weighted by atomic mass is 19.1. The summed E-state index contributed by atoms with van der Waals surface area (Å²) < 4.78 is 55.8. The molecule has 2 N–H and O–H groups in total. The standard InChI is InChI=1S/C16H21FN2O.C12H14F3NO/c1-11-6-14-13-4-2-3-5-15(13)18-16(14)9-19(11)8-12(7-17)10-20;13-6-9-7-16(8-9)1-2-17-12-4-10(14)3-11(15)5-12/h2-5,11-12,18,20H,6-10H2,1H3;3-5,9H,1-2,6-8H2. The quantitative estimate of drug-likeness (QED) is 0.400. The number of H-pyrrole nitrogens is 1. The maximum absolute atomic E-state index is 12.8. The van der Waals surface area contributed by atoms with Crippen LogP contribution < -0.4 is 4.74 Å². The zero-order valence-electron chi connectivity index (χ0n) is 21.1. The molecule has 1 saturated heterocycles. The summed E-state index contributed by atoms with van der Waals surface area (Å²) in [5.41, 5.74) is 3.81. The summed E-state index contributed by atoms with van der Waals surface area (Å²) in [5.74, 6) is -1.25. The van der Waals surface area contributed by atoms with E-state index >= 15 is 0 Å². The Hall–Kier alpha value is -2.62. The van der Waals surface area contributed by atoms with Crippen molar-refractivity contribution in [1.82, 2.24) is 14.8 Å². The van der Waals surface area contributed by atoms with Crippen molar-refractivity contribution in [2.24, 2.45) is 11.8 Å². The normalized spacial score (nSPS) is 19.1. The van der Waals surface area contributed by atoms with Crippen LogP contribution in [0.1, 0.15) is 18.2 Å². The van der Waals surface area contributed by atoms with Crippen molar-refractivity contribution in [2.45, 2.75) is 25.9 Å². The van der Waals surface area contributed by atoms with E-state index in [-0.39, 0.29) is 30.9 Å². The SMILES string of the molecule is CC1Cc2c([nH]c3ccccc23)CN1CC(CO)CF.FCC1CN(CCOc2cc(F)cc(F)c2)C1. The number of hydrogen-bond acceptors (Lipinski definition) is 4. The Kier molecular flexibility index (Phi) is 9.45. The summed E-state index contributed by atoms with van der Waals surface area (Å²) in [6, 6.07) is 11.8. The number of aromatic amines is 1. The van der Waals surface area contributed by atoms with E-state index in [1.165, 1.54) is 22.2 Å². The lowest BCUT2D eigenvalue weighted by Crippen LogP contribution is -2.49. The lowest BCUT2D eigenvalue weighted by Gasteiger charge is -2.37. The van der Waals surface area contributed by atoms with E-state index in [4.69, 9.17) is 4.74 Å². The molecule has 0 amide bonds. The van der Waals surface area contributed by atoms with Gasteiger partial charge in [0, 0.05) is 92.0 Å². The Labute approximate surface area is 215 Å². The van der Waals surface area contributed by atoms with E-state index in [9.17, 15) is 22.7 Å². The molecule has 2 aromatic carbocycles. The number of ether oxygens (including phenoxy) is 1. The average Bonchev–Trinajstić information content (AvgIpc) is 3.21. The number of benzene rings is 2. The van der Waals surface area contributed by atoms with Crippen LogP contribution in [0.25, 0.3) is 10.9 Å². The number of alkyl halides is 2. The summed E-state index contributed by atoms with van der Waals surface area (Å²) >= 11 is 0. The first-order valence-corrected chi connectivity index (χ1v) is 12.8. The summed E-state index contributed by atoms with van der Waals surface area (Å²) in [4.78, 5) is 7.78. The lowest BCUT2D eigenvalue weighted by molar-refractivity contribution is 0.0667. The van der Waals surface area contributed by atoms with Crippen molar-refractivity contribution >= 4 is 10.9 Å². The van der Waals surface area contributed by atoms with Gasteiger partial charge in [0.1, 0.15) is 24.0 Å². The van der Waals surface area contributed by atoms with Gasteiger partial charge in [-0.05, 0) is 25.0 Å². The third kappa shape index (κ3) is 7.03. The molecule has 0 saturated carbocycles. The van der Waals surface area contributed by atoms with Gasteiger partial charge >= 0.3 is 0 Å². The third-order valence-electron chi connectivity index (χ3n) is 7.12. The minimum Gasteiger partial charge on any atom is -0.492 e. The van der Waals surface area contributed by atoms with Gasteiger partial charge in [-0.25, -0.2) is 8.78 Å². The topological polar surface area (TPSA) is 51.7 Å². The van der Waals surface area contributed by atoms with Crippen LogP contribution in [0.2, 0.25) is 0 Å². The van der Waals surface area contributed by atoms with Crippen LogP contribution in [-0.4, -0.2) is 78.7 Å². The van der Waals surface area contributed by atoms with Crippen LogP contribution in [0.5, 0.6) is 5.75 Å². The van der Waals surface area contributed by atoms with Crippen molar-refractivity contribution < 1.29 is 27.4 Å². The van der Waals surface area contributed by atoms with E-state index in [1.54, 1.807) is 0 Å². The number of aliphatic hydroxyl groups is 1. The second kappa shape index (κ2) is 12.8. The van der Waals surface area contributed by atoms with Crippen molar-refractivity contribution in [3.05, 3.63) is 65.4 Å². The first kappa shape index (κ1) is 27.4. The van der Waals surface area contributed by atoms with E-state index in [0.717, 1.165) is 44.3 Å². The van der Waals surface area contributed by atoms with E-state index in [1.807, 2.05) is 11.0 Å². The molecule has 2 unspecified atom stereocenters. The Morgan fingerprint density at radius 1 is 1.11 bits per heavy atom. The van der Waals surface area contributed by atoms with Gasteiger partial charge in [0.05, 0.1) is 13.3 Å². The number of hydrogen-bond donors (Lipinski definition) is 2. The molecular formula is C28H35F4N3O2. The zero-order valence-corrected chi connectivity index (χ0v) is 21.1. The molecule has 3 heterocycles. The average molecular weight is 522 g/mol. The fourth-order valence-corrected chi connectivity index (χ4v) is 5.00. The molecule has 0 bridgehead atoms. The van der Waals surface area contributed by atoms with Crippen molar-refractivity contribution in [3.63, 3.8) is 0 Å². The molecule has 5 nitrogen and oxygen atoms in total.